The molecule has 0 radical (unpaired) electrons. The lowest BCUT2D eigenvalue weighted by Gasteiger charge is -2.27. The minimum Gasteiger partial charge on any atom is -0.328 e. The number of benzene rings is 2. The summed E-state index contributed by atoms with van der Waals surface area (Å²) < 4.78 is 2.35. The number of aromatic nitrogens is 1. The lowest BCUT2D eigenvalue weighted by atomic mass is 10.1. The molecule has 158 valence electrons. The number of nitrogens with one attached hydrogen (secondary N) is 2. The van der Waals surface area contributed by atoms with E-state index in [4.69, 9.17) is 0 Å². The summed E-state index contributed by atoms with van der Waals surface area (Å²) >= 11 is 0. The molecular formula is C25H29N5O+2. The predicted molar refractivity (Wildman–Crippen MR) is 124 cm³/mol. The van der Waals surface area contributed by atoms with Crippen LogP contribution in [-0.2, 0) is 11.5 Å². The fourth-order valence-corrected chi connectivity index (χ4v) is 4.53. The van der Waals surface area contributed by atoms with Gasteiger partial charge in [-0.1, -0.05) is 36.4 Å². The number of carbonyl (C=O) groups is 1. The van der Waals surface area contributed by atoms with Gasteiger partial charge in [0.15, 0.2) is 6.67 Å². The number of nitrogens with zero attached hydrogens (tertiary/aromatic N) is 3. The standard InChI is InChI=1S/C25H27N5O/c1-19-23(25(31)30(26-19)21-8-4-3-5-9-21)16-20-17-29(24-11-7-6-10-22(20)24)18-28-14-12-27(2)13-15-28/h3-11,16-17H,12-15,18H2,1-2H3/p+2/b23-16+. The van der Waals surface area contributed by atoms with Crippen molar-refractivity contribution in [2.24, 2.45) is 5.10 Å². The third kappa shape index (κ3) is 3.80. The first-order valence-corrected chi connectivity index (χ1v) is 11.0. The number of hydrogen-bond donors (Lipinski definition) is 2. The van der Waals surface area contributed by atoms with Gasteiger partial charge in [-0.3, -0.25) is 9.36 Å². The van der Waals surface area contributed by atoms with Gasteiger partial charge >= 0.3 is 0 Å². The molecule has 5 rings (SSSR count). The number of amides is 1. The van der Waals surface area contributed by atoms with Crippen LogP contribution in [0.5, 0.6) is 0 Å². The molecular weight excluding hydrogens is 386 g/mol. The third-order valence-corrected chi connectivity index (χ3v) is 6.39. The summed E-state index contributed by atoms with van der Waals surface area (Å²) in [4.78, 5) is 16.4. The van der Waals surface area contributed by atoms with Crippen LogP contribution in [0.1, 0.15) is 12.5 Å². The third-order valence-electron chi connectivity index (χ3n) is 6.39. The molecule has 0 unspecified atom stereocenters. The maximum Gasteiger partial charge on any atom is 0.280 e. The molecule has 0 spiro atoms. The maximum atomic E-state index is 13.1. The van der Waals surface area contributed by atoms with E-state index < -0.39 is 0 Å². The topological polar surface area (TPSA) is 46.5 Å². The summed E-state index contributed by atoms with van der Waals surface area (Å²) in [5.41, 5.74) is 4.48. The molecule has 2 aromatic carbocycles. The van der Waals surface area contributed by atoms with Crippen molar-refractivity contribution in [3.63, 3.8) is 0 Å². The molecule has 1 fully saturated rings. The number of piperazine rings is 1. The number of likely N-dealkylation sites (N-methyl/N-ethyl adjacent to an activating group) is 1. The van der Waals surface area contributed by atoms with Gasteiger partial charge in [0, 0.05) is 17.1 Å². The van der Waals surface area contributed by atoms with Gasteiger partial charge in [-0.2, -0.15) is 10.1 Å². The molecule has 1 aromatic heterocycles. The lowest BCUT2D eigenvalue weighted by molar-refractivity contribution is -1.01. The van der Waals surface area contributed by atoms with E-state index in [1.54, 1.807) is 9.80 Å². The van der Waals surface area contributed by atoms with Crippen LogP contribution in [0.2, 0.25) is 0 Å². The molecule has 6 heteroatoms. The Hall–Kier alpha value is -3.22. The number of rotatable bonds is 4. The van der Waals surface area contributed by atoms with Crippen molar-refractivity contribution < 1.29 is 14.6 Å². The van der Waals surface area contributed by atoms with Gasteiger partial charge in [0.05, 0.1) is 29.5 Å². The Morgan fingerprint density at radius 2 is 1.71 bits per heavy atom. The Balaban J connectivity index is 1.47. The summed E-state index contributed by atoms with van der Waals surface area (Å²) in [5, 5.41) is 7.19. The van der Waals surface area contributed by atoms with Gasteiger partial charge in [-0.15, -0.1) is 0 Å². The minimum absolute atomic E-state index is 0.0757. The zero-order valence-electron chi connectivity index (χ0n) is 18.1. The van der Waals surface area contributed by atoms with Gasteiger partial charge < -0.3 is 9.80 Å². The zero-order valence-corrected chi connectivity index (χ0v) is 18.1. The van der Waals surface area contributed by atoms with Gasteiger partial charge in [-0.25, -0.2) is 0 Å². The number of para-hydroxylation sites is 2. The number of hydrazone groups is 1. The highest BCUT2D eigenvalue weighted by molar-refractivity contribution is 6.32. The van der Waals surface area contributed by atoms with E-state index in [1.807, 2.05) is 43.3 Å². The monoisotopic (exact) mass is 415 g/mol. The van der Waals surface area contributed by atoms with Crippen molar-refractivity contribution in [2.75, 3.05) is 38.2 Å². The first-order valence-electron chi connectivity index (χ1n) is 11.0. The van der Waals surface area contributed by atoms with Gasteiger partial charge in [-0.05, 0) is 31.2 Å². The van der Waals surface area contributed by atoms with Crippen LogP contribution < -0.4 is 14.8 Å². The SMILES string of the molecule is CC1=NN(c2ccccc2)C(=O)/C1=C/c1cn(C[NH+]2CC[NH+](C)CC2)c2ccccc12. The molecule has 1 amide bonds. The van der Waals surface area contributed by atoms with Gasteiger partial charge in [0.2, 0.25) is 0 Å². The molecule has 0 bridgehead atoms. The molecule has 3 aromatic rings. The molecule has 6 nitrogen and oxygen atoms in total. The van der Waals surface area contributed by atoms with Crippen molar-refractivity contribution in [3.8, 4) is 0 Å². The van der Waals surface area contributed by atoms with Crippen LogP contribution in [0.3, 0.4) is 0 Å². The second kappa shape index (κ2) is 8.13. The Labute approximate surface area is 182 Å². The second-order valence-corrected chi connectivity index (χ2v) is 8.63. The van der Waals surface area contributed by atoms with Crippen molar-refractivity contribution in [1.29, 1.82) is 0 Å². The van der Waals surface area contributed by atoms with E-state index >= 15 is 0 Å². The molecule has 1 saturated heterocycles. The van der Waals surface area contributed by atoms with Crippen molar-refractivity contribution in [2.45, 2.75) is 13.6 Å². The number of hydrogen-bond acceptors (Lipinski definition) is 2. The molecule has 3 heterocycles. The predicted octanol–water partition coefficient (Wildman–Crippen LogP) is 0.818. The van der Waals surface area contributed by atoms with E-state index in [-0.39, 0.29) is 5.91 Å². The highest BCUT2D eigenvalue weighted by atomic mass is 16.2. The highest BCUT2D eigenvalue weighted by Crippen LogP contribution is 2.28. The molecule has 0 aliphatic carbocycles. The molecule has 0 saturated carbocycles. The van der Waals surface area contributed by atoms with Crippen molar-refractivity contribution >= 4 is 34.3 Å². The first-order chi connectivity index (χ1) is 15.1. The second-order valence-electron chi connectivity index (χ2n) is 8.63. The van der Waals surface area contributed by atoms with Gasteiger partial charge in [0.25, 0.3) is 5.91 Å². The molecule has 2 N–H and O–H groups in total. The minimum atomic E-state index is -0.0757. The summed E-state index contributed by atoms with van der Waals surface area (Å²) in [7, 11) is 2.27. The van der Waals surface area contributed by atoms with Crippen LogP contribution in [0.4, 0.5) is 5.69 Å². The average Bonchev–Trinajstić information content (AvgIpc) is 3.28. The van der Waals surface area contributed by atoms with E-state index in [2.05, 4.69) is 47.2 Å². The Kier molecular flexibility index (Phi) is 5.18. The Bertz CT molecular complexity index is 1170. The number of fused-ring (bicyclic) bond motifs is 1. The Morgan fingerprint density at radius 3 is 2.48 bits per heavy atom. The van der Waals surface area contributed by atoms with E-state index in [1.165, 1.54) is 42.1 Å². The van der Waals surface area contributed by atoms with Crippen LogP contribution in [0.25, 0.3) is 17.0 Å². The summed E-state index contributed by atoms with van der Waals surface area (Å²) in [5.74, 6) is -0.0757. The first kappa shape index (κ1) is 19.7. The summed E-state index contributed by atoms with van der Waals surface area (Å²) in [6, 6.07) is 18.1. The highest BCUT2D eigenvalue weighted by Gasteiger charge is 2.29. The van der Waals surface area contributed by atoms with Crippen LogP contribution in [0, 0.1) is 0 Å². The molecule has 2 aliphatic heterocycles. The smallest absolute Gasteiger partial charge is 0.280 e. The molecule has 2 aliphatic rings. The van der Waals surface area contributed by atoms with E-state index in [0.29, 0.717) is 5.57 Å². The zero-order chi connectivity index (χ0) is 21.4. The molecule has 0 atom stereocenters. The fraction of sp³-hybridized carbons (Fsp3) is 0.280. The summed E-state index contributed by atoms with van der Waals surface area (Å²) in [6.07, 6.45) is 4.20. The number of anilines is 1. The number of quaternary nitrogens is 2. The normalized spacial score (nSPS) is 23.0. The van der Waals surface area contributed by atoms with Crippen LogP contribution >= 0.6 is 0 Å². The fourth-order valence-electron chi connectivity index (χ4n) is 4.53. The lowest BCUT2D eigenvalue weighted by Crippen LogP contribution is -3.26. The quantitative estimate of drug-likeness (QED) is 0.609. The van der Waals surface area contributed by atoms with Crippen LogP contribution in [-0.4, -0.2) is 49.4 Å². The van der Waals surface area contributed by atoms with Crippen LogP contribution in [0.15, 0.2) is 71.5 Å². The van der Waals surface area contributed by atoms with E-state index in [9.17, 15) is 4.79 Å². The largest absolute Gasteiger partial charge is 0.328 e. The van der Waals surface area contributed by atoms with E-state index in [0.717, 1.165) is 23.6 Å². The van der Waals surface area contributed by atoms with Crippen molar-refractivity contribution in [1.82, 2.24) is 4.57 Å². The summed E-state index contributed by atoms with van der Waals surface area (Å²) in [6.45, 7) is 7.66. The average molecular weight is 416 g/mol. The number of carbonyl (C=O) groups excluding carboxylic acids is 1. The Morgan fingerprint density at radius 1 is 1.00 bits per heavy atom. The maximum absolute atomic E-state index is 13.1. The molecule has 31 heavy (non-hydrogen) atoms. The van der Waals surface area contributed by atoms with Crippen molar-refractivity contribution in [3.05, 3.63) is 71.9 Å². The van der Waals surface area contributed by atoms with Gasteiger partial charge in [0.1, 0.15) is 26.2 Å².